The number of amides is 1. The molecule has 1 saturated heterocycles. The smallest absolute Gasteiger partial charge is 0.354 e. The number of carbonyl (C=O) groups excluding carboxylic acids is 2. The van der Waals surface area contributed by atoms with Gasteiger partial charge in [-0.05, 0) is 48.7 Å². The highest BCUT2D eigenvalue weighted by Crippen LogP contribution is 2.42. The number of pyridine rings is 1. The number of phenolic OH excluding ortho intramolecular Hbond substituents is 1. The Morgan fingerprint density at radius 1 is 1.18 bits per heavy atom. The standard InChI is InChI=1S/C32H29F2N5O5/c1-5-23(41)37-11-12-38-18(14-37)15-44-31(42)26-25-21(13-19(27(26)34)24-20(33)7-6-8-22(24)40)39(32(43)36-30(25)38)29-17(4)9-10-35-28(29)16(2)3/h5-10,13,16,18,40H,1,11-12,14-15H2,2-4H3. The molecule has 44 heavy (non-hydrogen) atoms. The van der Waals surface area contributed by atoms with Gasteiger partial charge in [-0.1, -0.05) is 26.5 Å². The number of phenols is 1. The third-order valence-electron chi connectivity index (χ3n) is 8.14. The van der Waals surface area contributed by atoms with Crippen LogP contribution in [0.1, 0.15) is 41.4 Å². The molecule has 1 unspecified atom stereocenters. The number of hydrogen-bond acceptors (Lipinski definition) is 8. The number of benzene rings is 2. The number of aryl methyl sites for hydroxylation is 1. The molecule has 2 aromatic carbocycles. The summed E-state index contributed by atoms with van der Waals surface area (Å²) in [4.78, 5) is 52.4. The largest absolute Gasteiger partial charge is 0.507 e. The monoisotopic (exact) mass is 601 g/mol. The van der Waals surface area contributed by atoms with E-state index in [1.807, 2.05) is 13.8 Å². The van der Waals surface area contributed by atoms with Gasteiger partial charge in [0.1, 0.15) is 35.4 Å². The minimum atomic E-state index is -1.14. The lowest BCUT2D eigenvalue weighted by molar-refractivity contribution is -0.126. The van der Waals surface area contributed by atoms with Crippen LogP contribution < -0.4 is 10.6 Å². The number of rotatable bonds is 4. The third-order valence-corrected chi connectivity index (χ3v) is 8.14. The summed E-state index contributed by atoms with van der Waals surface area (Å²) in [6.07, 6.45) is 2.80. The van der Waals surface area contributed by atoms with Gasteiger partial charge in [0.05, 0.1) is 33.9 Å². The Kier molecular flexibility index (Phi) is 7.14. The van der Waals surface area contributed by atoms with Crippen molar-refractivity contribution >= 4 is 28.6 Å². The van der Waals surface area contributed by atoms with Crippen LogP contribution in [0, 0.1) is 18.6 Å². The van der Waals surface area contributed by atoms with E-state index in [0.29, 0.717) is 16.9 Å². The molecule has 0 aliphatic carbocycles. The van der Waals surface area contributed by atoms with E-state index in [1.165, 1.54) is 28.8 Å². The number of aromatic nitrogens is 3. The molecule has 12 heteroatoms. The summed E-state index contributed by atoms with van der Waals surface area (Å²) in [6, 6.07) is 5.89. The Hall–Kier alpha value is -5.13. The molecule has 2 aliphatic heterocycles. The van der Waals surface area contributed by atoms with Crippen molar-refractivity contribution in [2.24, 2.45) is 0 Å². The summed E-state index contributed by atoms with van der Waals surface area (Å²) >= 11 is 0. The zero-order valence-electron chi connectivity index (χ0n) is 24.3. The second-order valence-corrected chi connectivity index (χ2v) is 11.1. The summed E-state index contributed by atoms with van der Waals surface area (Å²) in [5.74, 6) is -4.09. The third kappa shape index (κ3) is 4.48. The number of piperazine rings is 1. The first kappa shape index (κ1) is 29.0. The predicted octanol–water partition coefficient (Wildman–Crippen LogP) is 4.24. The molecule has 4 aromatic rings. The van der Waals surface area contributed by atoms with Crippen LogP contribution in [-0.4, -0.2) is 68.7 Å². The quantitative estimate of drug-likeness (QED) is 0.273. The first-order valence-electron chi connectivity index (χ1n) is 14.1. The molecule has 0 radical (unpaired) electrons. The van der Waals surface area contributed by atoms with Crippen molar-refractivity contribution in [3.63, 3.8) is 0 Å². The van der Waals surface area contributed by atoms with Gasteiger partial charge >= 0.3 is 11.7 Å². The average molecular weight is 602 g/mol. The Balaban J connectivity index is 1.76. The van der Waals surface area contributed by atoms with Crippen molar-refractivity contribution in [1.29, 1.82) is 0 Å². The lowest BCUT2D eigenvalue weighted by Crippen LogP contribution is -2.57. The minimum absolute atomic E-state index is 0.0159. The van der Waals surface area contributed by atoms with Crippen LogP contribution in [0.3, 0.4) is 0 Å². The van der Waals surface area contributed by atoms with Gasteiger partial charge in [0.25, 0.3) is 0 Å². The van der Waals surface area contributed by atoms with Gasteiger partial charge in [0.15, 0.2) is 0 Å². The fourth-order valence-corrected chi connectivity index (χ4v) is 6.06. The number of cyclic esters (lactones) is 1. The van der Waals surface area contributed by atoms with Crippen LogP contribution in [-0.2, 0) is 9.53 Å². The summed E-state index contributed by atoms with van der Waals surface area (Å²) in [5, 5.41) is 10.6. The highest BCUT2D eigenvalue weighted by atomic mass is 19.1. The minimum Gasteiger partial charge on any atom is -0.507 e. The number of carbonyl (C=O) groups is 2. The Labute approximate surface area is 250 Å². The van der Waals surface area contributed by atoms with Crippen LogP contribution in [0.5, 0.6) is 5.75 Å². The van der Waals surface area contributed by atoms with Crippen LogP contribution >= 0.6 is 0 Å². The van der Waals surface area contributed by atoms with E-state index in [2.05, 4.69) is 16.5 Å². The fourth-order valence-electron chi connectivity index (χ4n) is 6.06. The number of anilines is 1. The maximum Gasteiger partial charge on any atom is 0.354 e. The molecule has 10 nitrogen and oxygen atoms in total. The highest BCUT2D eigenvalue weighted by molar-refractivity contribution is 6.11. The zero-order valence-corrected chi connectivity index (χ0v) is 24.3. The molecule has 4 heterocycles. The maximum atomic E-state index is 16.6. The van der Waals surface area contributed by atoms with Crippen molar-refractivity contribution in [2.75, 3.05) is 31.1 Å². The van der Waals surface area contributed by atoms with Crippen molar-refractivity contribution in [3.8, 4) is 22.6 Å². The normalized spacial score (nSPS) is 16.4. The second kappa shape index (κ2) is 10.9. The number of ether oxygens (including phenoxy) is 1. The molecule has 1 N–H and O–H groups in total. The number of nitrogens with zero attached hydrogens (tertiary/aromatic N) is 5. The first-order chi connectivity index (χ1) is 21.0. The van der Waals surface area contributed by atoms with E-state index < -0.39 is 51.8 Å². The molecule has 1 fully saturated rings. The van der Waals surface area contributed by atoms with Gasteiger partial charge in [-0.2, -0.15) is 4.98 Å². The summed E-state index contributed by atoms with van der Waals surface area (Å²) < 4.78 is 38.6. The molecule has 226 valence electrons. The lowest BCUT2D eigenvalue weighted by atomic mass is 9.95. The van der Waals surface area contributed by atoms with Gasteiger partial charge in [0, 0.05) is 31.4 Å². The molecule has 2 aromatic heterocycles. The molecule has 0 bridgehead atoms. The summed E-state index contributed by atoms with van der Waals surface area (Å²) in [7, 11) is 0. The number of esters is 1. The Bertz CT molecular complexity index is 1920. The molecule has 6 rings (SSSR count). The predicted molar refractivity (Wildman–Crippen MR) is 159 cm³/mol. The SMILES string of the molecule is C=CC(=O)N1CCN2c3nc(=O)n(-c4c(C)ccnc4C(C)C)c4cc(-c5c(O)cccc5F)c(F)c(c34)C(=O)OCC2C1. The van der Waals surface area contributed by atoms with Crippen molar-refractivity contribution in [1.82, 2.24) is 19.4 Å². The molecular formula is C32H29F2N5O5. The molecule has 0 spiro atoms. The number of hydrogen-bond donors (Lipinski definition) is 1. The molecular weight excluding hydrogens is 572 g/mol. The van der Waals surface area contributed by atoms with E-state index in [9.17, 15) is 19.5 Å². The highest BCUT2D eigenvalue weighted by Gasteiger charge is 2.38. The van der Waals surface area contributed by atoms with Crippen molar-refractivity contribution < 1.29 is 28.2 Å². The Morgan fingerprint density at radius 2 is 1.95 bits per heavy atom. The van der Waals surface area contributed by atoms with E-state index >= 15 is 8.78 Å². The van der Waals surface area contributed by atoms with Crippen molar-refractivity contribution in [2.45, 2.75) is 32.7 Å². The van der Waals surface area contributed by atoms with E-state index in [-0.39, 0.29) is 54.8 Å². The van der Waals surface area contributed by atoms with Gasteiger partial charge in [-0.15, -0.1) is 0 Å². The molecule has 2 aliphatic rings. The van der Waals surface area contributed by atoms with Crippen LogP contribution in [0.15, 0.2) is 54.0 Å². The van der Waals surface area contributed by atoms with Gasteiger partial charge in [0.2, 0.25) is 5.91 Å². The first-order valence-corrected chi connectivity index (χ1v) is 14.1. The Morgan fingerprint density at radius 3 is 2.66 bits per heavy atom. The zero-order chi connectivity index (χ0) is 31.4. The molecule has 1 amide bonds. The van der Waals surface area contributed by atoms with E-state index in [1.54, 1.807) is 29.0 Å². The molecule has 1 atom stereocenters. The number of aromatic hydroxyl groups is 1. The lowest BCUT2D eigenvalue weighted by Gasteiger charge is -2.42. The maximum absolute atomic E-state index is 16.6. The van der Waals surface area contributed by atoms with Crippen LogP contribution in [0.2, 0.25) is 0 Å². The number of halogens is 2. The fraction of sp³-hybridized carbons (Fsp3) is 0.281. The van der Waals surface area contributed by atoms with Crippen LogP contribution in [0.4, 0.5) is 14.6 Å². The summed E-state index contributed by atoms with van der Waals surface area (Å²) in [5.41, 5.74) is -0.542. The van der Waals surface area contributed by atoms with E-state index in [4.69, 9.17) is 4.74 Å². The van der Waals surface area contributed by atoms with Crippen LogP contribution in [0.25, 0.3) is 27.7 Å². The van der Waals surface area contributed by atoms with Gasteiger partial charge < -0.3 is 19.6 Å². The van der Waals surface area contributed by atoms with Crippen molar-refractivity contribution in [3.05, 3.63) is 88.1 Å². The second-order valence-electron chi connectivity index (χ2n) is 11.1. The van der Waals surface area contributed by atoms with Gasteiger partial charge in [-0.3, -0.25) is 14.3 Å². The number of fused-ring (bicyclic) bond motifs is 2. The van der Waals surface area contributed by atoms with E-state index in [0.717, 1.165) is 6.07 Å². The summed E-state index contributed by atoms with van der Waals surface area (Å²) in [6.45, 7) is 9.48. The van der Waals surface area contributed by atoms with Gasteiger partial charge in [-0.25, -0.2) is 18.4 Å². The molecule has 0 saturated carbocycles. The average Bonchev–Trinajstić information content (AvgIpc) is 2.99. The topological polar surface area (TPSA) is 118 Å².